The second kappa shape index (κ2) is 8.88. The number of fused-ring (bicyclic) bond motifs is 2. The minimum Gasteiger partial charge on any atom is -0.453 e. The third-order valence-corrected chi connectivity index (χ3v) is 6.58. The van der Waals surface area contributed by atoms with Gasteiger partial charge >= 0.3 is 6.09 Å². The molecule has 2 aromatic carbocycles. The zero-order valence-corrected chi connectivity index (χ0v) is 19.6. The number of aryl methyl sites for hydroxylation is 1. The van der Waals surface area contributed by atoms with Crippen molar-refractivity contribution in [3.8, 4) is 11.4 Å². The van der Waals surface area contributed by atoms with Crippen LogP contribution in [0.2, 0.25) is 5.02 Å². The van der Waals surface area contributed by atoms with Gasteiger partial charge in [0.05, 0.1) is 54.5 Å². The lowest BCUT2D eigenvalue weighted by Gasteiger charge is -2.32. The number of nitrogens with zero attached hydrogens (tertiary/aromatic N) is 3. The number of hydrogen-bond donors (Lipinski definition) is 1. The zero-order valence-electron chi connectivity index (χ0n) is 18.9. The monoisotopic (exact) mass is 486 g/mol. The van der Waals surface area contributed by atoms with Gasteiger partial charge in [-0.15, -0.1) is 0 Å². The number of nitrogens with one attached hydrogen (secondary N) is 1. The third-order valence-electron chi connectivity index (χ3n) is 6.28. The number of amides is 2. The zero-order chi connectivity index (χ0) is 24.0. The van der Waals surface area contributed by atoms with Crippen LogP contribution in [0.4, 0.5) is 14.9 Å². The molecule has 178 valence electrons. The van der Waals surface area contributed by atoms with E-state index in [0.717, 1.165) is 11.1 Å². The molecule has 2 amide bonds. The molecular formula is C24H24ClFN4O4. The quantitative estimate of drug-likeness (QED) is 0.601. The molecule has 1 N–H and O–H groups in total. The molecule has 8 nitrogen and oxygen atoms in total. The fourth-order valence-corrected chi connectivity index (χ4v) is 4.89. The molecule has 2 aliphatic rings. The van der Waals surface area contributed by atoms with Gasteiger partial charge in [0, 0.05) is 24.2 Å². The number of methoxy groups -OCH3 is 1. The summed E-state index contributed by atoms with van der Waals surface area (Å²) in [6.07, 6.45) is -0.259. The molecule has 5 rings (SSSR count). The molecule has 1 atom stereocenters. The summed E-state index contributed by atoms with van der Waals surface area (Å²) in [6, 6.07) is 7.42. The minimum atomic E-state index is -0.489. The van der Waals surface area contributed by atoms with Crippen LogP contribution in [0.15, 0.2) is 24.3 Å². The van der Waals surface area contributed by atoms with Crippen molar-refractivity contribution in [1.29, 1.82) is 0 Å². The van der Waals surface area contributed by atoms with E-state index in [-0.39, 0.29) is 35.4 Å². The highest BCUT2D eigenvalue weighted by Gasteiger charge is 2.30. The first-order chi connectivity index (χ1) is 16.4. The summed E-state index contributed by atoms with van der Waals surface area (Å²) >= 11 is 6.56. The molecule has 0 unspecified atom stereocenters. The molecule has 3 aromatic rings. The lowest BCUT2D eigenvalue weighted by Crippen LogP contribution is -2.47. The minimum absolute atomic E-state index is 0.160. The summed E-state index contributed by atoms with van der Waals surface area (Å²) in [5, 5.41) is 2.86. The first-order valence-electron chi connectivity index (χ1n) is 11.1. The third kappa shape index (κ3) is 3.99. The standard InChI is InChI=1S/C24H24ClFN4O4/c1-13-3-5-19-18(9-13)28-23(30(19)12-14-11-29(7-8-34-14)24(32)33-2)21-16(25)10-17-15(22(21)26)4-6-20(31)27-17/h3,5,9-10,14H,4,6-8,11-12H2,1-2H3,(H,27,31)/t14-/m1/s1. The van der Waals surface area contributed by atoms with Crippen molar-refractivity contribution in [2.24, 2.45) is 0 Å². The second-order valence-electron chi connectivity index (χ2n) is 8.57. The summed E-state index contributed by atoms with van der Waals surface area (Å²) in [6.45, 7) is 3.45. The van der Waals surface area contributed by atoms with Crippen LogP contribution in [0.5, 0.6) is 0 Å². The van der Waals surface area contributed by atoms with E-state index in [9.17, 15) is 9.59 Å². The van der Waals surface area contributed by atoms with E-state index >= 15 is 4.39 Å². The van der Waals surface area contributed by atoms with Gasteiger partial charge < -0.3 is 24.3 Å². The van der Waals surface area contributed by atoms with Crippen molar-refractivity contribution < 1.29 is 23.5 Å². The predicted octanol–water partition coefficient (Wildman–Crippen LogP) is 4.16. The van der Waals surface area contributed by atoms with Crippen LogP contribution < -0.4 is 5.32 Å². The van der Waals surface area contributed by atoms with Gasteiger partial charge in [-0.3, -0.25) is 4.79 Å². The van der Waals surface area contributed by atoms with Gasteiger partial charge in [0.15, 0.2) is 0 Å². The smallest absolute Gasteiger partial charge is 0.409 e. The average molecular weight is 487 g/mol. The van der Waals surface area contributed by atoms with Gasteiger partial charge in [0.2, 0.25) is 5.91 Å². The van der Waals surface area contributed by atoms with Gasteiger partial charge in [-0.1, -0.05) is 17.7 Å². The van der Waals surface area contributed by atoms with Gasteiger partial charge in [0.1, 0.15) is 11.6 Å². The summed E-state index contributed by atoms with van der Waals surface area (Å²) in [7, 11) is 1.35. The Kier molecular flexibility index (Phi) is 5.91. The number of imidazole rings is 1. The van der Waals surface area contributed by atoms with E-state index in [1.807, 2.05) is 29.7 Å². The lowest BCUT2D eigenvalue weighted by atomic mass is 9.99. The average Bonchev–Trinajstić information content (AvgIpc) is 3.15. The number of carbonyl (C=O) groups excluding carboxylic acids is 2. The number of benzene rings is 2. The molecule has 1 saturated heterocycles. The number of carbonyl (C=O) groups is 2. The Bertz CT molecular complexity index is 1310. The van der Waals surface area contributed by atoms with Crippen molar-refractivity contribution in [1.82, 2.24) is 14.5 Å². The lowest BCUT2D eigenvalue weighted by molar-refractivity contribution is -0.116. The number of aromatic nitrogens is 2. The van der Waals surface area contributed by atoms with Crippen LogP contribution in [0.25, 0.3) is 22.4 Å². The van der Waals surface area contributed by atoms with Crippen molar-refractivity contribution in [2.45, 2.75) is 32.4 Å². The molecule has 3 heterocycles. The summed E-state index contributed by atoms with van der Waals surface area (Å²) in [4.78, 5) is 30.2. The van der Waals surface area contributed by atoms with Crippen LogP contribution in [-0.4, -0.2) is 59.4 Å². The van der Waals surface area contributed by atoms with Crippen molar-refractivity contribution in [3.63, 3.8) is 0 Å². The number of morpholine rings is 1. The molecule has 0 aliphatic carbocycles. The Hall–Kier alpha value is -3.17. The Labute approximate surface area is 200 Å². The van der Waals surface area contributed by atoms with Gasteiger partial charge in [-0.2, -0.15) is 0 Å². The fraction of sp³-hybridized carbons (Fsp3) is 0.375. The van der Waals surface area contributed by atoms with E-state index in [1.54, 1.807) is 11.0 Å². The van der Waals surface area contributed by atoms with Crippen LogP contribution in [0, 0.1) is 12.7 Å². The molecule has 10 heteroatoms. The molecule has 34 heavy (non-hydrogen) atoms. The summed E-state index contributed by atoms with van der Waals surface area (Å²) in [5.41, 5.74) is 3.53. The molecule has 0 spiro atoms. The van der Waals surface area contributed by atoms with Gasteiger partial charge in [-0.05, 0) is 37.1 Å². The molecule has 0 bridgehead atoms. The predicted molar refractivity (Wildman–Crippen MR) is 126 cm³/mol. The van der Waals surface area contributed by atoms with Crippen molar-refractivity contribution >= 4 is 40.3 Å². The van der Waals surface area contributed by atoms with E-state index in [2.05, 4.69) is 5.32 Å². The first kappa shape index (κ1) is 22.6. The van der Waals surface area contributed by atoms with E-state index in [1.165, 1.54) is 7.11 Å². The van der Waals surface area contributed by atoms with Crippen LogP contribution in [0.1, 0.15) is 17.5 Å². The maximum absolute atomic E-state index is 15.8. The van der Waals surface area contributed by atoms with Gasteiger partial charge in [-0.25, -0.2) is 14.2 Å². The maximum atomic E-state index is 15.8. The number of anilines is 1. The topological polar surface area (TPSA) is 85.7 Å². The van der Waals surface area contributed by atoms with Crippen molar-refractivity contribution in [3.05, 3.63) is 46.2 Å². The van der Waals surface area contributed by atoms with Gasteiger partial charge in [0.25, 0.3) is 0 Å². The molecule has 0 radical (unpaired) electrons. The SMILES string of the molecule is COC(=O)N1CCO[C@@H](Cn2c(-c3c(Cl)cc4c(c3F)CCC(=O)N4)nc3cc(C)ccc32)C1. The van der Waals surface area contributed by atoms with Crippen LogP contribution in [0.3, 0.4) is 0 Å². The molecule has 0 saturated carbocycles. The Morgan fingerprint density at radius 2 is 2.18 bits per heavy atom. The summed E-state index contributed by atoms with van der Waals surface area (Å²) in [5.74, 6) is -0.277. The molecule has 1 fully saturated rings. The number of rotatable bonds is 3. The van der Waals surface area contributed by atoms with Crippen molar-refractivity contribution in [2.75, 3.05) is 32.1 Å². The van der Waals surface area contributed by atoms with E-state index < -0.39 is 11.9 Å². The summed E-state index contributed by atoms with van der Waals surface area (Å²) < 4.78 is 28.5. The number of ether oxygens (including phenoxy) is 2. The van der Waals surface area contributed by atoms with Crippen LogP contribution in [-0.2, 0) is 27.2 Å². The molecule has 1 aromatic heterocycles. The fourth-order valence-electron chi connectivity index (χ4n) is 4.62. The highest BCUT2D eigenvalue weighted by molar-refractivity contribution is 6.33. The maximum Gasteiger partial charge on any atom is 0.409 e. The highest BCUT2D eigenvalue weighted by atomic mass is 35.5. The molecule has 2 aliphatic heterocycles. The Morgan fingerprint density at radius 3 is 2.97 bits per heavy atom. The van der Waals surface area contributed by atoms with E-state index in [4.69, 9.17) is 26.1 Å². The Morgan fingerprint density at radius 1 is 1.35 bits per heavy atom. The van der Waals surface area contributed by atoms with Crippen LogP contribution >= 0.6 is 11.6 Å². The first-order valence-corrected chi connectivity index (χ1v) is 11.5. The number of halogens is 2. The highest BCUT2D eigenvalue weighted by Crippen LogP contribution is 2.39. The normalized spacial score (nSPS) is 18.1. The Balaban J connectivity index is 1.61. The second-order valence-corrected chi connectivity index (χ2v) is 8.98. The number of hydrogen-bond acceptors (Lipinski definition) is 5. The van der Waals surface area contributed by atoms with E-state index in [0.29, 0.717) is 48.8 Å². The largest absolute Gasteiger partial charge is 0.453 e. The molecular weight excluding hydrogens is 463 g/mol.